The molecule has 5 heteroatoms. The lowest BCUT2D eigenvalue weighted by Gasteiger charge is -2.34. The number of benzene rings is 1. The SMILES string of the molecule is CCN(CC)C1CS(=O)(=O)OC2=C1c1ccccc1C2. The van der Waals surface area contributed by atoms with Crippen LogP contribution in [0.5, 0.6) is 0 Å². The molecule has 1 atom stereocenters. The van der Waals surface area contributed by atoms with Gasteiger partial charge in [-0.2, -0.15) is 8.42 Å². The van der Waals surface area contributed by atoms with Crippen molar-refractivity contribution in [3.8, 4) is 0 Å². The Kier molecular flexibility index (Phi) is 3.34. The number of likely N-dealkylation sites (N-methyl/N-ethyl adjacent to an activating group) is 1. The van der Waals surface area contributed by atoms with Crippen LogP contribution in [0.2, 0.25) is 0 Å². The van der Waals surface area contributed by atoms with Gasteiger partial charge in [-0.1, -0.05) is 38.1 Å². The number of allylic oxidation sites excluding steroid dienone is 1. The Morgan fingerprint density at radius 1 is 1.25 bits per heavy atom. The van der Waals surface area contributed by atoms with Crippen LogP contribution in [0.4, 0.5) is 0 Å². The first-order valence-electron chi connectivity index (χ1n) is 7.03. The summed E-state index contributed by atoms with van der Waals surface area (Å²) in [5, 5.41) is 0. The molecule has 1 aromatic rings. The molecule has 4 nitrogen and oxygen atoms in total. The lowest BCUT2D eigenvalue weighted by molar-refractivity contribution is 0.260. The maximum absolute atomic E-state index is 12.0. The summed E-state index contributed by atoms with van der Waals surface area (Å²) in [5.74, 6) is 0.663. The van der Waals surface area contributed by atoms with Gasteiger partial charge in [-0.25, -0.2) is 0 Å². The molecular weight excluding hydrogens is 274 g/mol. The topological polar surface area (TPSA) is 46.6 Å². The maximum atomic E-state index is 12.0. The van der Waals surface area contributed by atoms with Gasteiger partial charge in [0.15, 0.2) is 0 Å². The van der Waals surface area contributed by atoms with E-state index < -0.39 is 10.1 Å². The van der Waals surface area contributed by atoms with Crippen molar-refractivity contribution in [2.24, 2.45) is 0 Å². The number of rotatable bonds is 3. The van der Waals surface area contributed by atoms with E-state index in [9.17, 15) is 8.42 Å². The molecule has 0 bridgehead atoms. The van der Waals surface area contributed by atoms with Gasteiger partial charge in [0.25, 0.3) is 0 Å². The molecule has 0 amide bonds. The van der Waals surface area contributed by atoms with Gasteiger partial charge in [0.05, 0.1) is 6.04 Å². The van der Waals surface area contributed by atoms with E-state index >= 15 is 0 Å². The summed E-state index contributed by atoms with van der Waals surface area (Å²) < 4.78 is 29.3. The molecule has 2 aliphatic rings. The third-order valence-electron chi connectivity index (χ3n) is 4.13. The molecule has 3 rings (SSSR count). The van der Waals surface area contributed by atoms with Crippen molar-refractivity contribution >= 4 is 15.7 Å². The minimum atomic E-state index is -3.47. The van der Waals surface area contributed by atoms with Crippen molar-refractivity contribution < 1.29 is 12.6 Å². The van der Waals surface area contributed by atoms with Crippen molar-refractivity contribution in [2.45, 2.75) is 26.3 Å². The minimum absolute atomic E-state index is 0.0435. The van der Waals surface area contributed by atoms with Crippen LogP contribution in [-0.4, -0.2) is 38.2 Å². The number of hydrogen-bond donors (Lipinski definition) is 0. The fourth-order valence-electron chi connectivity index (χ4n) is 3.21. The Hall–Kier alpha value is -1.33. The third-order valence-corrected chi connectivity index (χ3v) is 5.31. The second-order valence-corrected chi connectivity index (χ2v) is 6.83. The van der Waals surface area contributed by atoms with Crippen LogP contribution < -0.4 is 0 Å². The minimum Gasteiger partial charge on any atom is -0.386 e. The number of nitrogens with zero attached hydrogens (tertiary/aromatic N) is 1. The Morgan fingerprint density at radius 3 is 2.65 bits per heavy atom. The summed E-state index contributed by atoms with van der Waals surface area (Å²) >= 11 is 0. The van der Waals surface area contributed by atoms with Crippen LogP contribution in [0.1, 0.15) is 25.0 Å². The van der Waals surface area contributed by atoms with Crippen LogP contribution in [-0.2, 0) is 20.7 Å². The van der Waals surface area contributed by atoms with Crippen LogP contribution in [0.15, 0.2) is 30.0 Å². The molecule has 0 fully saturated rings. The predicted molar refractivity (Wildman–Crippen MR) is 78.6 cm³/mol. The van der Waals surface area contributed by atoms with E-state index in [1.165, 1.54) is 0 Å². The highest BCUT2D eigenvalue weighted by Crippen LogP contribution is 2.41. The summed E-state index contributed by atoms with van der Waals surface area (Å²) in [5.41, 5.74) is 3.38. The third kappa shape index (κ3) is 2.15. The molecule has 0 aromatic heterocycles. The molecule has 108 valence electrons. The van der Waals surface area contributed by atoms with Crippen LogP contribution in [0, 0.1) is 0 Å². The zero-order chi connectivity index (χ0) is 14.3. The van der Waals surface area contributed by atoms with Crippen molar-refractivity contribution in [1.29, 1.82) is 0 Å². The summed E-state index contributed by atoms with van der Waals surface area (Å²) in [6.07, 6.45) is 0.586. The highest BCUT2D eigenvalue weighted by atomic mass is 32.2. The largest absolute Gasteiger partial charge is 0.386 e. The summed E-state index contributed by atoms with van der Waals surface area (Å²) in [4.78, 5) is 2.19. The Balaban J connectivity index is 2.11. The molecule has 1 aliphatic heterocycles. The van der Waals surface area contributed by atoms with E-state index in [2.05, 4.69) is 24.8 Å². The Bertz CT molecular complexity index is 659. The molecule has 1 aliphatic carbocycles. The number of fused-ring (bicyclic) bond motifs is 2. The normalized spacial score (nSPS) is 23.4. The quantitative estimate of drug-likeness (QED) is 0.800. The zero-order valence-electron chi connectivity index (χ0n) is 11.8. The van der Waals surface area contributed by atoms with Crippen LogP contribution >= 0.6 is 0 Å². The Morgan fingerprint density at radius 2 is 1.95 bits per heavy atom. The first kappa shape index (κ1) is 13.6. The Labute approximate surface area is 120 Å². The smallest absolute Gasteiger partial charge is 0.310 e. The van der Waals surface area contributed by atoms with E-state index in [4.69, 9.17) is 4.18 Å². The van der Waals surface area contributed by atoms with Gasteiger partial charge in [-0.15, -0.1) is 0 Å². The van der Waals surface area contributed by atoms with Crippen molar-refractivity contribution in [3.05, 3.63) is 41.2 Å². The standard InChI is InChI=1S/C15H19NO3S/c1-3-16(4-2)13-10-20(17,18)19-14-9-11-7-5-6-8-12(11)15(13)14/h5-8,13H,3-4,9-10H2,1-2H3. The van der Waals surface area contributed by atoms with Gasteiger partial charge in [-0.05, 0) is 24.2 Å². The van der Waals surface area contributed by atoms with E-state index in [1.54, 1.807) is 0 Å². The molecule has 20 heavy (non-hydrogen) atoms. The average Bonchev–Trinajstić information content (AvgIpc) is 2.76. The molecule has 0 spiro atoms. The highest BCUT2D eigenvalue weighted by molar-refractivity contribution is 7.86. The van der Waals surface area contributed by atoms with Gasteiger partial charge in [0.2, 0.25) is 0 Å². The van der Waals surface area contributed by atoms with E-state index in [-0.39, 0.29) is 11.8 Å². The molecule has 1 heterocycles. The van der Waals surface area contributed by atoms with E-state index in [0.29, 0.717) is 12.2 Å². The summed E-state index contributed by atoms with van der Waals surface area (Å²) in [6, 6.07) is 8.00. The van der Waals surface area contributed by atoms with Gasteiger partial charge in [0, 0.05) is 12.0 Å². The molecular formula is C15H19NO3S. The highest BCUT2D eigenvalue weighted by Gasteiger charge is 2.40. The van der Waals surface area contributed by atoms with E-state index in [1.807, 2.05) is 18.2 Å². The van der Waals surface area contributed by atoms with E-state index in [0.717, 1.165) is 29.8 Å². The van der Waals surface area contributed by atoms with Crippen molar-refractivity contribution in [3.63, 3.8) is 0 Å². The second kappa shape index (κ2) is 4.90. The molecule has 0 saturated heterocycles. The van der Waals surface area contributed by atoms with Gasteiger partial charge < -0.3 is 4.18 Å². The van der Waals surface area contributed by atoms with Crippen LogP contribution in [0.3, 0.4) is 0 Å². The molecule has 0 radical (unpaired) electrons. The molecule has 0 saturated carbocycles. The fourth-order valence-corrected chi connectivity index (χ4v) is 4.50. The monoisotopic (exact) mass is 293 g/mol. The average molecular weight is 293 g/mol. The van der Waals surface area contributed by atoms with Crippen molar-refractivity contribution in [1.82, 2.24) is 4.90 Å². The maximum Gasteiger partial charge on any atom is 0.310 e. The van der Waals surface area contributed by atoms with Gasteiger partial charge in [0.1, 0.15) is 11.5 Å². The second-order valence-electron chi connectivity index (χ2n) is 5.22. The first-order chi connectivity index (χ1) is 9.55. The zero-order valence-corrected chi connectivity index (χ0v) is 12.6. The van der Waals surface area contributed by atoms with Gasteiger partial charge >= 0.3 is 10.1 Å². The summed E-state index contributed by atoms with van der Waals surface area (Å²) in [6.45, 7) is 5.78. The van der Waals surface area contributed by atoms with Crippen LogP contribution in [0.25, 0.3) is 5.57 Å². The lowest BCUT2D eigenvalue weighted by atomic mass is 9.99. The lowest BCUT2D eigenvalue weighted by Crippen LogP contribution is -2.43. The summed E-state index contributed by atoms with van der Waals surface area (Å²) in [7, 11) is -3.47. The number of hydrogen-bond acceptors (Lipinski definition) is 4. The first-order valence-corrected chi connectivity index (χ1v) is 8.61. The van der Waals surface area contributed by atoms with Gasteiger partial charge in [-0.3, -0.25) is 4.90 Å². The molecule has 0 N–H and O–H groups in total. The molecule has 1 aromatic carbocycles. The predicted octanol–water partition coefficient (Wildman–Crippen LogP) is 2.02. The molecule has 1 unspecified atom stereocenters. The van der Waals surface area contributed by atoms with Crippen molar-refractivity contribution in [2.75, 3.05) is 18.8 Å². The fraction of sp³-hybridized carbons (Fsp3) is 0.467.